The number of carbonyl (C=O) groups is 1. The number of amides is 1. The van der Waals surface area contributed by atoms with E-state index in [0.29, 0.717) is 11.6 Å². The van der Waals surface area contributed by atoms with E-state index in [1.165, 1.54) is 4.90 Å². The fourth-order valence-corrected chi connectivity index (χ4v) is 5.20. The van der Waals surface area contributed by atoms with E-state index in [-0.39, 0.29) is 11.3 Å². The lowest BCUT2D eigenvalue weighted by Crippen LogP contribution is -2.32. The molecule has 1 spiro atoms. The first kappa shape index (κ1) is 18.9. The number of rotatable bonds is 4. The molecule has 0 unspecified atom stereocenters. The quantitative estimate of drug-likeness (QED) is 0.395. The second-order valence-electron chi connectivity index (χ2n) is 8.06. The molecule has 2 aliphatic rings. The Labute approximate surface area is 189 Å². The second kappa shape index (κ2) is 6.84. The summed E-state index contributed by atoms with van der Waals surface area (Å²) < 4.78 is 2.12. The molecule has 4 aromatic rings. The number of imidazole rings is 1. The lowest BCUT2D eigenvalue weighted by atomic mass is 9.99. The van der Waals surface area contributed by atoms with Gasteiger partial charge in [0.25, 0.3) is 0 Å². The van der Waals surface area contributed by atoms with Gasteiger partial charge in [0.15, 0.2) is 0 Å². The predicted octanol–water partition coefficient (Wildman–Crippen LogP) is 5.37. The minimum Gasteiger partial charge on any atom is -0.302 e. The highest BCUT2D eigenvalue weighted by Gasteiger charge is 2.59. The maximum absolute atomic E-state index is 13.4. The summed E-state index contributed by atoms with van der Waals surface area (Å²) >= 11 is 7.95. The highest BCUT2D eigenvalue weighted by molar-refractivity contribution is 7.98. The summed E-state index contributed by atoms with van der Waals surface area (Å²) in [6.07, 6.45) is 7.45. The van der Waals surface area contributed by atoms with Crippen molar-refractivity contribution in [3.8, 4) is 5.69 Å². The highest BCUT2D eigenvalue weighted by atomic mass is 35.5. The maximum atomic E-state index is 13.4. The van der Waals surface area contributed by atoms with Gasteiger partial charge in [0.2, 0.25) is 5.91 Å². The number of benzene rings is 2. The molecule has 0 atom stereocenters. The van der Waals surface area contributed by atoms with Gasteiger partial charge in [-0.1, -0.05) is 11.6 Å². The Hall–Kier alpha value is -2.83. The SMILES string of the molecule is CSc1ccc(-n2c(CN3C(=O)C4(CC4)c4ccncc43)nc3cc(Cl)ccc32)cc1. The first-order chi connectivity index (χ1) is 15.1. The molecule has 3 heterocycles. The van der Waals surface area contributed by atoms with Crippen LogP contribution in [0, 0.1) is 0 Å². The van der Waals surface area contributed by atoms with Gasteiger partial charge in [-0.15, -0.1) is 11.8 Å². The van der Waals surface area contributed by atoms with Crippen molar-refractivity contribution in [2.24, 2.45) is 0 Å². The molecular formula is C24H19ClN4OS. The van der Waals surface area contributed by atoms with Gasteiger partial charge >= 0.3 is 0 Å². The third-order valence-electron chi connectivity index (χ3n) is 6.33. The number of aromatic nitrogens is 3. The van der Waals surface area contributed by atoms with Gasteiger partial charge < -0.3 is 4.90 Å². The van der Waals surface area contributed by atoms with Gasteiger partial charge in [0.05, 0.1) is 34.9 Å². The van der Waals surface area contributed by atoms with Crippen LogP contribution >= 0.6 is 23.4 Å². The van der Waals surface area contributed by atoms with Crippen molar-refractivity contribution < 1.29 is 4.79 Å². The number of fused-ring (bicyclic) bond motifs is 3. The Bertz CT molecular complexity index is 1340. The molecule has 31 heavy (non-hydrogen) atoms. The molecule has 0 saturated heterocycles. The number of halogens is 1. The van der Waals surface area contributed by atoms with Crippen molar-refractivity contribution in [2.45, 2.75) is 29.7 Å². The van der Waals surface area contributed by atoms with Gasteiger partial charge in [0, 0.05) is 21.8 Å². The van der Waals surface area contributed by atoms with E-state index in [0.717, 1.165) is 46.6 Å². The third kappa shape index (κ3) is 2.82. The molecule has 1 aliphatic carbocycles. The van der Waals surface area contributed by atoms with Crippen LogP contribution in [0.25, 0.3) is 16.7 Å². The molecule has 2 aromatic carbocycles. The van der Waals surface area contributed by atoms with Crippen LogP contribution in [-0.2, 0) is 16.8 Å². The van der Waals surface area contributed by atoms with E-state index in [4.69, 9.17) is 16.6 Å². The van der Waals surface area contributed by atoms with Crippen molar-refractivity contribution in [2.75, 3.05) is 11.2 Å². The first-order valence-electron chi connectivity index (χ1n) is 10.2. The molecule has 0 radical (unpaired) electrons. The van der Waals surface area contributed by atoms with Crippen LogP contribution in [0.2, 0.25) is 5.02 Å². The average molecular weight is 447 g/mol. The number of carbonyl (C=O) groups excluding carboxylic acids is 1. The fourth-order valence-electron chi connectivity index (χ4n) is 4.62. The van der Waals surface area contributed by atoms with Crippen molar-refractivity contribution in [1.82, 2.24) is 14.5 Å². The lowest BCUT2D eigenvalue weighted by Gasteiger charge is -2.19. The van der Waals surface area contributed by atoms with Crippen molar-refractivity contribution in [3.63, 3.8) is 0 Å². The molecule has 0 bridgehead atoms. The van der Waals surface area contributed by atoms with E-state index >= 15 is 0 Å². The molecular weight excluding hydrogens is 428 g/mol. The van der Waals surface area contributed by atoms with Gasteiger partial charge in [-0.2, -0.15) is 0 Å². The number of hydrogen-bond donors (Lipinski definition) is 0. The number of hydrogen-bond acceptors (Lipinski definition) is 4. The molecule has 2 aromatic heterocycles. The molecule has 7 heteroatoms. The molecule has 5 nitrogen and oxygen atoms in total. The lowest BCUT2D eigenvalue weighted by molar-refractivity contribution is -0.120. The summed E-state index contributed by atoms with van der Waals surface area (Å²) in [5, 5.41) is 0.644. The normalized spacial score (nSPS) is 16.3. The zero-order valence-corrected chi connectivity index (χ0v) is 18.5. The van der Waals surface area contributed by atoms with E-state index in [9.17, 15) is 4.79 Å². The van der Waals surface area contributed by atoms with Crippen LogP contribution < -0.4 is 4.90 Å². The Morgan fingerprint density at radius 2 is 1.94 bits per heavy atom. The monoisotopic (exact) mass is 446 g/mol. The number of pyridine rings is 1. The maximum Gasteiger partial charge on any atom is 0.238 e. The predicted molar refractivity (Wildman–Crippen MR) is 124 cm³/mol. The summed E-state index contributed by atoms with van der Waals surface area (Å²) in [6, 6.07) is 16.1. The van der Waals surface area contributed by atoms with Crippen LogP contribution in [0.15, 0.2) is 65.8 Å². The number of nitrogens with zero attached hydrogens (tertiary/aromatic N) is 4. The molecule has 1 fully saturated rings. The van der Waals surface area contributed by atoms with E-state index in [2.05, 4.69) is 40.1 Å². The molecule has 6 rings (SSSR count). The molecule has 1 aliphatic heterocycles. The molecule has 154 valence electrons. The zero-order chi connectivity index (χ0) is 21.2. The van der Waals surface area contributed by atoms with E-state index < -0.39 is 0 Å². The minimum atomic E-state index is -0.349. The zero-order valence-electron chi connectivity index (χ0n) is 16.9. The summed E-state index contributed by atoms with van der Waals surface area (Å²) in [6.45, 7) is 0.385. The van der Waals surface area contributed by atoms with Gasteiger partial charge in [0.1, 0.15) is 5.82 Å². The second-order valence-corrected chi connectivity index (χ2v) is 9.38. The van der Waals surface area contributed by atoms with Crippen LogP contribution in [0.3, 0.4) is 0 Å². The topological polar surface area (TPSA) is 51.0 Å². The van der Waals surface area contributed by atoms with Crippen LogP contribution in [0.1, 0.15) is 24.2 Å². The average Bonchev–Trinajstić information content (AvgIpc) is 3.48. The van der Waals surface area contributed by atoms with Crippen LogP contribution in [-0.4, -0.2) is 26.7 Å². The summed E-state index contributed by atoms with van der Waals surface area (Å²) in [5.74, 6) is 0.958. The minimum absolute atomic E-state index is 0.157. The summed E-state index contributed by atoms with van der Waals surface area (Å²) in [4.78, 5) is 25.6. The van der Waals surface area contributed by atoms with Crippen LogP contribution in [0.5, 0.6) is 0 Å². The largest absolute Gasteiger partial charge is 0.302 e. The van der Waals surface area contributed by atoms with Crippen molar-refractivity contribution in [3.05, 3.63) is 77.3 Å². The third-order valence-corrected chi connectivity index (χ3v) is 7.31. The van der Waals surface area contributed by atoms with E-state index in [1.807, 2.05) is 29.2 Å². The highest BCUT2D eigenvalue weighted by Crippen LogP contribution is 2.57. The Morgan fingerprint density at radius 1 is 1.13 bits per heavy atom. The molecule has 1 saturated carbocycles. The van der Waals surface area contributed by atoms with Gasteiger partial charge in [-0.3, -0.25) is 14.3 Å². The van der Waals surface area contributed by atoms with Crippen molar-refractivity contribution in [1.29, 1.82) is 0 Å². The first-order valence-corrected chi connectivity index (χ1v) is 11.8. The Kier molecular flexibility index (Phi) is 4.17. The van der Waals surface area contributed by atoms with Crippen molar-refractivity contribution >= 4 is 46.0 Å². The molecule has 1 amide bonds. The standard InChI is InChI=1S/C24H19ClN4OS/c1-31-17-5-3-16(4-6-17)29-20-7-2-15(25)12-19(20)27-22(29)14-28-21-13-26-11-8-18(21)24(9-10-24)23(28)30/h2-8,11-13H,9-10,14H2,1H3. The molecule has 0 N–H and O–H groups in total. The Balaban J connectivity index is 1.49. The fraction of sp³-hybridized carbons (Fsp3) is 0.208. The van der Waals surface area contributed by atoms with Crippen LogP contribution in [0.4, 0.5) is 5.69 Å². The Morgan fingerprint density at radius 3 is 2.68 bits per heavy atom. The van der Waals surface area contributed by atoms with E-state index in [1.54, 1.807) is 24.2 Å². The van der Waals surface area contributed by atoms with Gasteiger partial charge in [-0.05, 0) is 73.2 Å². The summed E-state index contributed by atoms with van der Waals surface area (Å²) in [7, 11) is 0. The summed E-state index contributed by atoms with van der Waals surface area (Å²) in [5.41, 5.74) is 4.45. The van der Waals surface area contributed by atoms with Gasteiger partial charge in [-0.25, -0.2) is 4.98 Å². The number of anilines is 1. The number of thioether (sulfide) groups is 1. The smallest absolute Gasteiger partial charge is 0.238 e.